The van der Waals surface area contributed by atoms with Crippen LogP contribution >= 0.6 is 0 Å². The topological polar surface area (TPSA) is 94.2 Å². The number of methoxy groups -OCH3 is 1. The van der Waals surface area contributed by atoms with Crippen molar-refractivity contribution in [1.29, 1.82) is 0 Å². The number of aliphatic hydroxyl groups excluding tert-OH is 1. The number of aromatic nitrogens is 3. The van der Waals surface area contributed by atoms with Gasteiger partial charge in [0.25, 0.3) is 0 Å². The normalized spacial score (nSPS) is 18.5. The van der Waals surface area contributed by atoms with E-state index in [-0.39, 0.29) is 29.6 Å². The molecule has 2 aromatic carbocycles. The molecular weight excluding hydrogens is 468 g/mol. The third-order valence-corrected chi connectivity index (χ3v) is 6.11. The van der Waals surface area contributed by atoms with E-state index < -0.39 is 35.0 Å². The molecule has 3 heterocycles. The van der Waals surface area contributed by atoms with Gasteiger partial charge in [-0.25, -0.2) is 9.37 Å². The fourth-order valence-corrected chi connectivity index (χ4v) is 4.32. The van der Waals surface area contributed by atoms with Gasteiger partial charge in [-0.15, -0.1) is 0 Å². The zero-order valence-electron chi connectivity index (χ0n) is 18.4. The van der Waals surface area contributed by atoms with E-state index in [1.54, 1.807) is 11.0 Å². The number of carbonyl (C=O) groups is 1. The summed E-state index contributed by atoms with van der Waals surface area (Å²) < 4.78 is 60.0. The molecule has 1 aliphatic heterocycles. The lowest BCUT2D eigenvalue weighted by molar-refractivity contribution is -0.137. The maximum Gasteiger partial charge on any atom is 0.417 e. The molecule has 4 aromatic rings. The number of rotatable bonds is 5. The number of ether oxygens (including phenoxy) is 1. The lowest BCUT2D eigenvalue weighted by Crippen LogP contribution is -2.25. The van der Waals surface area contributed by atoms with Gasteiger partial charge in [-0.05, 0) is 24.3 Å². The molecule has 2 atom stereocenters. The van der Waals surface area contributed by atoms with Crippen LogP contribution < -0.4 is 4.90 Å². The molecule has 0 bridgehead atoms. The van der Waals surface area contributed by atoms with E-state index in [1.807, 2.05) is 0 Å². The van der Waals surface area contributed by atoms with Gasteiger partial charge in [-0.3, -0.25) is 4.79 Å². The number of aromatic amines is 2. The van der Waals surface area contributed by atoms with Crippen molar-refractivity contribution in [2.45, 2.75) is 18.4 Å². The molecule has 0 amide bonds. The van der Waals surface area contributed by atoms with Crippen molar-refractivity contribution in [3.8, 4) is 11.5 Å². The molecule has 1 fully saturated rings. The van der Waals surface area contributed by atoms with Gasteiger partial charge in [0.05, 0.1) is 22.9 Å². The number of nitrogens with zero attached hydrogens (tertiary/aromatic N) is 2. The number of halogens is 4. The zero-order chi connectivity index (χ0) is 24.9. The summed E-state index contributed by atoms with van der Waals surface area (Å²) >= 11 is 0. The minimum Gasteiger partial charge on any atom is -0.388 e. The molecule has 0 unspecified atom stereocenters. The highest BCUT2D eigenvalue weighted by Crippen LogP contribution is 2.34. The second kappa shape index (κ2) is 8.51. The van der Waals surface area contributed by atoms with Gasteiger partial charge in [0.15, 0.2) is 17.4 Å². The van der Waals surface area contributed by atoms with Gasteiger partial charge in [0, 0.05) is 43.2 Å². The van der Waals surface area contributed by atoms with Crippen LogP contribution in [-0.4, -0.2) is 58.2 Å². The Hall–Kier alpha value is -3.70. The van der Waals surface area contributed by atoms with Crippen molar-refractivity contribution in [2.24, 2.45) is 0 Å². The minimum atomic E-state index is -4.67. The molecule has 2 aromatic heterocycles. The van der Waals surface area contributed by atoms with Crippen molar-refractivity contribution in [2.75, 3.05) is 25.1 Å². The molecule has 7 nitrogen and oxygen atoms in total. The fraction of sp³-hybridized carbons (Fsp3) is 0.250. The average molecular weight is 488 g/mol. The Bertz CT molecular complexity index is 1410. The van der Waals surface area contributed by atoms with Crippen molar-refractivity contribution < 1.29 is 32.2 Å². The summed E-state index contributed by atoms with van der Waals surface area (Å²) in [7, 11) is 1.50. The van der Waals surface area contributed by atoms with Gasteiger partial charge in [0.2, 0.25) is 0 Å². The number of alkyl halides is 3. The Morgan fingerprint density at radius 3 is 2.69 bits per heavy atom. The molecule has 0 aliphatic carbocycles. The summed E-state index contributed by atoms with van der Waals surface area (Å²) in [5, 5.41) is 10.1. The highest BCUT2D eigenvalue weighted by Gasteiger charge is 2.35. The summed E-state index contributed by atoms with van der Waals surface area (Å²) in [4.78, 5) is 24.7. The first-order chi connectivity index (χ1) is 16.7. The largest absolute Gasteiger partial charge is 0.417 e. The van der Waals surface area contributed by atoms with Crippen LogP contribution in [0.25, 0.3) is 22.6 Å². The number of H-pyrrole nitrogens is 2. The third-order valence-electron chi connectivity index (χ3n) is 6.11. The lowest BCUT2D eigenvalue weighted by Gasteiger charge is -2.18. The van der Waals surface area contributed by atoms with Crippen LogP contribution in [0.3, 0.4) is 0 Å². The molecule has 3 N–H and O–H groups in total. The van der Waals surface area contributed by atoms with E-state index in [0.29, 0.717) is 23.4 Å². The number of aliphatic hydroxyl groups is 1. The number of benzene rings is 2. The summed E-state index contributed by atoms with van der Waals surface area (Å²) in [5.41, 5.74) is -0.176. The van der Waals surface area contributed by atoms with Crippen LogP contribution in [0.15, 0.2) is 48.7 Å². The molecule has 5 rings (SSSR count). The first-order valence-electron chi connectivity index (χ1n) is 10.7. The monoisotopic (exact) mass is 488 g/mol. The number of carbonyl (C=O) groups excluding carboxylic acids is 1. The molecule has 1 aliphatic rings. The Morgan fingerprint density at radius 2 is 1.97 bits per heavy atom. The van der Waals surface area contributed by atoms with Crippen molar-refractivity contribution >= 4 is 22.5 Å². The zero-order valence-corrected chi connectivity index (χ0v) is 18.4. The number of imidazole rings is 1. The Labute approximate surface area is 196 Å². The van der Waals surface area contributed by atoms with Crippen molar-refractivity contribution in [1.82, 2.24) is 15.0 Å². The van der Waals surface area contributed by atoms with Crippen LogP contribution in [0.1, 0.15) is 21.5 Å². The van der Waals surface area contributed by atoms with Crippen LogP contribution in [0, 0.1) is 5.82 Å². The standard InChI is InChI=1S/C24H20F4N4O3/c1-35-20-11-32(10-19(20)33)13-7-16(25)21-17(8-13)30-23(31-21)18-6-12(9-29-18)22(34)14-4-2-3-5-15(14)24(26,27)28/h2-9,19-20,29,33H,10-11H2,1H3,(H,30,31)/t19-,20-/m1/s1. The SMILES string of the molecule is CO[C@@H]1CN(c2cc(F)c3nc(-c4cc(C(=O)c5ccccc5C(F)(F)F)c[nH]4)[nH]c3c2)C[C@H]1O. The first kappa shape index (κ1) is 23.1. The second-order valence-electron chi connectivity index (χ2n) is 8.33. The van der Waals surface area contributed by atoms with Gasteiger partial charge < -0.3 is 24.7 Å². The van der Waals surface area contributed by atoms with Crippen LogP contribution in [0.4, 0.5) is 23.2 Å². The molecule has 0 radical (unpaired) electrons. The highest BCUT2D eigenvalue weighted by atomic mass is 19.4. The summed E-state index contributed by atoms with van der Waals surface area (Å²) in [6.45, 7) is 0.678. The number of hydrogen-bond acceptors (Lipinski definition) is 5. The predicted octanol–water partition coefficient (Wildman–Crippen LogP) is 4.14. The molecular formula is C24H20F4N4O3. The van der Waals surface area contributed by atoms with Gasteiger partial charge in [0.1, 0.15) is 11.6 Å². The Balaban J connectivity index is 1.45. The summed E-state index contributed by atoms with van der Waals surface area (Å²) in [6, 6.07) is 8.94. The third kappa shape index (κ3) is 4.17. The van der Waals surface area contributed by atoms with E-state index in [1.165, 1.54) is 37.6 Å². The van der Waals surface area contributed by atoms with Gasteiger partial charge in [-0.2, -0.15) is 13.2 Å². The van der Waals surface area contributed by atoms with Crippen LogP contribution in [-0.2, 0) is 10.9 Å². The number of nitrogens with one attached hydrogen (secondary N) is 2. The van der Waals surface area contributed by atoms with E-state index >= 15 is 0 Å². The van der Waals surface area contributed by atoms with Gasteiger partial charge in [-0.1, -0.05) is 18.2 Å². The smallest absolute Gasteiger partial charge is 0.388 e. The molecule has 35 heavy (non-hydrogen) atoms. The van der Waals surface area contributed by atoms with Gasteiger partial charge >= 0.3 is 6.18 Å². The summed E-state index contributed by atoms with van der Waals surface area (Å²) in [5.74, 6) is -1.17. The first-order valence-corrected chi connectivity index (χ1v) is 10.7. The molecule has 182 valence electrons. The second-order valence-corrected chi connectivity index (χ2v) is 8.33. The van der Waals surface area contributed by atoms with E-state index in [9.17, 15) is 27.5 Å². The molecule has 0 spiro atoms. The number of hydrogen-bond donors (Lipinski definition) is 3. The number of β-amino-alcohol motifs (C(OH)–C–C–N with tert-alkyl or cyclic N) is 1. The Kier molecular flexibility index (Phi) is 5.60. The number of anilines is 1. The van der Waals surface area contributed by atoms with Crippen LogP contribution in [0.5, 0.6) is 0 Å². The minimum absolute atomic E-state index is 0.00924. The van der Waals surface area contributed by atoms with E-state index in [4.69, 9.17) is 4.74 Å². The van der Waals surface area contributed by atoms with E-state index in [2.05, 4.69) is 15.0 Å². The number of ketones is 1. The maximum atomic E-state index is 14.8. The van der Waals surface area contributed by atoms with Crippen LogP contribution in [0.2, 0.25) is 0 Å². The number of fused-ring (bicyclic) bond motifs is 1. The molecule has 0 saturated carbocycles. The average Bonchev–Trinajstić information content (AvgIpc) is 3.55. The maximum absolute atomic E-state index is 14.8. The summed E-state index contributed by atoms with van der Waals surface area (Å²) in [6.07, 6.45) is -4.47. The van der Waals surface area contributed by atoms with Crippen molar-refractivity contribution in [3.63, 3.8) is 0 Å². The highest BCUT2D eigenvalue weighted by molar-refractivity contribution is 6.10. The molecule has 1 saturated heterocycles. The Morgan fingerprint density at radius 1 is 1.20 bits per heavy atom. The lowest BCUT2D eigenvalue weighted by atomic mass is 9.99. The predicted molar refractivity (Wildman–Crippen MR) is 120 cm³/mol. The molecule has 11 heteroatoms. The van der Waals surface area contributed by atoms with E-state index in [0.717, 1.165) is 12.1 Å². The quantitative estimate of drug-likeness (QED) is 0.290. The fourth-order valence-electron chi connectivity index (χ4n) is 4.32. The van der Waals surface area contributed by atoms with Crippen molar-refractivity contribution in [3.05, 3.63) is 71.2 Å².